The van der Waals surface area contributed by atoms with E-state index in [0.29, 0.717) is 22.5 Å². The van der Waals surface area contributed by atoms with E-state index in [4.69, 9.17) is 5.73 Å². The van der Waals surface area contributed by atoms with Crippen LogP contribution in [0, 0.1) is 30.2 Å². The van der Waals surface area contributed by atoms with Crippen molar-refractivity contribution in [3.05, 3.63) is 59.3 Å². The van der Waals surface area contributed by atoms with Crippen LogP contribution in [-0.2, 0) is 0 Å². The summed E-state index contributed by atoms with van der Waals surface area (Å²) in [6.45, 7) is 1.83. The zero-order valence-corrected chi connectivity index (χ0v) is 11.9. The average molecular weight is 321 g/mol. The molecule has 0 radical (unpaired) electrons. The quantitative estimate of drug-likeness (QED) is 0.318. The summed E-state index contributed by atoms with van der Waals surface area (Å²) in [6, 6.07) is 5.65. The minimum atomic E-state index is -1.89. The van der Waals surface area contributed by atoms with Gasteiger partial charge in [-0.25, -0.2) is 22.5 Å². The van der Waals surface area contributed by atoms with E-state index in [1.165, 1.54) is 6.20 Å². The van der Waals surface area contributed by atoms with E-state index in [9.17, 15) is 17.6 Å². The maximum atomic E-state index is 13.8. The lowest BCUT2D eigenvalue weighted by Gasteiger charge is -2.12. The fourth-order valence-electron chi connectivity index (χ4n) is 2.28. The lowest BCUT2D eigenvalue weighted by molar-refractivity contribution is 0.411. The molecular weight excluding hydrogens is 310 g/mol. The van der Waals surface area contributed by atoms with Crippen molar-refractivity contribution in [3.8, 4) is 0 Å². The van der Waals surface area contributed by atoms with E-state index in [2.05, 4.69) is 10.3 Å². The highest BCUT2D eigenvalue weighted by Crippen LogP contribution is 2.31. The molecule has 0 saturated heterocycles. The summed E-state index contributed by atoms with van der Waals surface area (Å²) in [7, 11) is 0. The van der Waals surface area contributed by atoms with Crippen molar-refractivity contribution in [2.45, 2.75) is 6.92 Å². The number of nitrogens with two attached hydrogens (primary N) is 1. The predicted molar refractivity (Wildman–Crippen MR) is 80.4 cm³/mol. The van der Waals surface area contributed by atoms with Crippen molar-refractivity contribution in [2.24, 2.45) is 0 Å². The summed E-state index contributed by atoms with van der Waals surface area (Å²) < 4.78 is 53.4. The molecule has 118 valence electrons. The van der Waals surface area contributed by atoms with E-state index < -0.39 is 29.0 Å². The molecule has 0 bridgehead atoms. The van der Waals surface area contributed by atoms with Crippen LogP contribution in [0.15, 0.2) is 30.5 Å². The van der Waals surface area contributed by atoms with Gasteiger partial charge in [-0.05, 0) is 18.6 Å². The molecule has 3 nitrogen and oxygen atoms in total. The second-order valence-electron chi connectivity index (χ2n) is 5.02. The van der Waals surface area contributed by atoms with Gasteiger partial charge in [0, 0.05) is 28.7 Å². The zero-order valence-electron chi connectivity index (χ0n) is 11.9. The molecule has 1 heterocycles. The molecule has 3 aromatic rings. The highest BCUT2D eigenvalue weighted by Gasteiger charge is 2.19. The van der Waals surface area contributed by atoms with Gasteiger partial charge in [0.15, 0.2) is 23.3 Å². The Morgan fingerprint density at radius 2 is 1.70 bits per heavy atom. The number of nitrogens with zero attached hydrogens (tertiary/aromatic N) is 1. The van der Waals surface area contributed by atoms with E-state index in [1.807, 2.05) is 6.92 Å². The van der Waals surface area contributed by atoms with Crippen LogP contribution in [0.4, 0.5) is 34.8 Å². The highest BCUT2D eigenvalue weighted by atomic mass is 19.2. The third-order valence-corrected chi connectivity index (χ3v) is 3.56. The molecule has 0 spiro atoms. The third kappa shape index (κ3) is 2.44. The fraction of sp³-hybridized carbons (Fsp3) is 0.0625. The molecule has 0 amide bonds. The highest BCUT2D eigenvalue weighted by molar-refractivity contribution is 6.01. The lowest BCUT2D eigenvalue weighted by atomic mass is 10.1. The molecule has 2 aromatic carbocycles. The number of rotatable bonds is 2. The molecule has 0 atom stereocenters. The van der Waals surface area contributed by atoms with Gasteiger partial charge >= 0.3 is 0 Å². The summed E-state index contributed by atoms with van der Waals surface area (Å²) in [6.07, 6.45) is 1.43. The number of hydrogen-bond donors (Lipinski definition) is 2. The number of aromatic nitrogens is 1. The number of nitrogen functional groups attached to an aromatic ring is 1. The van der Waals surface area contributed by atoms with Gasteiger partial charge < -0.3 is 11.1 Å². The maximum Gasteiger partial charge on any atom is 0.199 e. The number of benzene rings is 2. The molecule has 0 aliphatic heterocycles. The van der Waals surface area contributed by atoms with Crippen LogP contribution >= 0.6 is 0 Å². The van der Waals surface area contributed by atoms with Crippen LogP contribution in [0.25, 0.3) is 10.8 Å². The number of anilines is 3. The fourth-order valence-corrected chi connectivity index (χ4v) is 2.28. The molecule has 3 N–H and O–H groups in total. The van der Waals surface area contributed by atoms with Gasteiger partial charge in [0.2, 0.25) is 0 Å². The molecule has 0 aliphatic rings. The first-order chi connectivity index (χ1) is 10.9. The predicted octanol–water partition coefficient (Wildman–Crippen LogP) is 4.43. The van der Waals surface area contributed by atoms with Gasteiger partial charge in [0.25, 0.3) is 0 Å². The number of hydrogen-bond acceptors (Lipinski definition) is 3. The van der Waals surface area contributed by atoms with Crippen molar-refractivity contribution < 1.29 is 17.6 Å². The van der Waals surface area contributed by atoms with Crippen molar-refractivity contribution in [1.29, 1.82) is 0 Å². The summed E-state index contributed by atoms with van der Waals surface area (Å²) in [4.78, 5) is 4.02. The van der Waals surface area contributed by atoms with Gasteiger partial charge in [-0.15, -0.1) is 0 Å². The molecule has 0 aliphatic carbocycles. The van der Waals surface area contributed by atoms with Crippen LogP contribution in [0.2, 0.25) is 0 Å². The Hall–Kier alpha value is -2.83. The van der Waals surface area contributed by atoms with Crippen molar-refractivity contribution >= 4 is 28.0 Å². The van der Waals surface area contributed by atoms with Gasteiger partial charge in [-0.2, -0.15) is 0 Å². The molecular formula is C16H11F4N3. The van der Waals surface area contributed by atoms with Crippen LogP contribution in [0.5, 0.6) is 0 Å². The van der Waals surface area contributed by atoms with E-state index in [0.717, 1.165) is 5.56 Å². The van der Waals surface area contributed by atoms with E-state index in [-0.39, 0.29) is 5.82 Å². The molecule has 0 saturated carbocycles. The Balaban J connectivity index is 2.15. The van der Waals surface area contributed by atoms with Crippen molar-refractivity contribution in [1.82, 2.24) is 4.98 Å². The van der Waals surface area contributed by atoms with Crippen LogP contribution in [0.1, 0.15) is 5.56 Å². The van der Waals surface area contributed by atoms with Crippen molar-refractivity contribution in [3.63, 3.8) is 0 Å². The Morgan fingerprint density at radius 1 is 0.957 bits per heavy atom. The number of fused-ring (bicyclic) bond motifs is 1. The lowest BCUT2D eigenvalue weighted by Crippen LogP contribution is -2.03. The second-order valence-corrected chi connectivity index (χ2v) is 5.02. The first-order valence-electron chi connectivity index (χ1n) is 6.64. The minimum absolute atomic E-state index is 0.151. The smallest absolute Gasteiger partial charge is 0.199 e. The third-order valence-electron chi connectivity index (χ3n) is 3.56. The van der Waals surface area contributed by atoms with Gasteiger partial charge in [0.1, 0.15) is 5.82 Å². The monoisotopic (exact) mass is 321 g/mol. The topological polar surface area (TPSA) is 50.9 Å². The minimum Gasteiger partial charge on any atom is -0.398 e. The Labute approximate surface area is 128 Å². The SMILES string of the molecule is Cc1ccc2c(Nc3cc(F)c(F)c(F)c3F)nccc2c1N. The molecule has 0 fully saturated rings. The van der Waals surface area contributed by atoms with Crippen LogP contribution in [0.3, 0.4) is 0 Å². The molecule has 23 heavy (non-hydrogen) atoms. The van der Waals surface area contributed by atoms with E-state index >= 15 is 0 Å². The van der Waals surface area contributed by atoms with Crippen LogP contribution < -0.4 is 11.1 Å². The molecule has 1 aromatic heterocycles. The molecule has 7 heteroatoms. The van der Waals surface area contributed by atoms with E-state index in [1.54, 1.807) is 18.2 Å². The normalized spacial score (nSPS) is 11.0. The number of aryl methyl sites for hydroxylation is 1. The largest absolute Gasteiger partial charge is 0.398 e. The number of halogens is 4. The standard InChI is InChI=1S/C16H11F4N3/c1-7-2-3-9-8(15(7)21)4-5-22-16(9)23-11-6-10(17)12(18)14(20)13(11)19/h2-6H,21H2,1H3,(H,22,23). The molecule has 0 unspecified atom stereocenters. The second kappa shape index (κ2) is 5.42. The first-order valence-corrected chi connectivity index (χ1v) is 6.64. The van der Waals surface area contributed by atoms with Gasteiger partial charge in [0.05, 0.1) is 5.69 Å². The number of nitrogens with one attached hydrogen (secondary N) is 1. The van der Waals surface area contributed by atoms with Gasteiger partial charge in [-0.1, -0.05) is 12.1 Å². The summed E-state index contributed by atoms with van der Waals surface area (Å²) in [5.41, 5.74) is 6.79. The Bertz CT molecular complexity index is 925. The van der Waals surface area contributed by atoms with Crippen LogP contribution in [-0.4, -0.2) is 4.98 Å². The zero-order chi connectivity index (χ0) is 16.7. The molecule has 3 rings (SSSR count). The average Bonchev–Trinajstić information content (AvgIpc) is 2.54. The summed E-state index contributed by atoms with van der Waals surface area (Å²) in [5.74, 6) is -6.62. The Morgan fingerprint density at radius 3 is 2.43 bits per heavy atom. The summed E-state index contributed by atoms with van der Waals surface area (Å²) >= 11 is 0. The maximum absolute atomic E-state index is 13.8. The number of pyridine rings is 1. The Kier molecular flexibility index (Phi) is 3.55. The summed E-state index contributed by atoms with van der Waals surface area (Å²) in [5, 5.41) is 3.68. The van der Waals surface area contributed by atoms with Gasteiger partial charge in [-0.3, -0.25) is 0 Å². The first kappa shape index (κ1) is 15.1. The van der Waals surface area contributed by atoms with Crippen molar-refractivity contribution in [2.75, 3.05) is 11.1 Å².